The van der Waals surface area contributed by atoms with Crippen LogP contribution in [0.2, 0.25) is 0 Å². The van der Waals surface area contributed by atoms with Crippen LogP contribution in [-0.2, 0) is 4.79 Å². The molecule has 0 unspecified atom stereocenters. The fourth-order valence-electron chi connectivity index (χ4n) is 1.48. The monoisotopic (exact) mass is 169 g/mol. The van der Waals surface area contributed by atoms with Gasteiger partial charge in [-0.05, 0) is 31.8 Å². The Hall–Kier alpha value is -0.830. The predicted molar refractivity (Wildman–Crippen MR) is 46.6 cm³/mol. The fourth-order valence-corrected chi connectivity index (χ4v) is 1.48. The number of rotatable bonds is 2. The van der Waals surface area contributed by atoms with Gasteiger partial charge >= 0.3 is 0 Å². The molecule has 0 saturated heterocycles. The second-order valence-corrected chi connectivity index (χ2v) is 3.22. The zero-order valence-electron chi connectivity index (χ0n) is 7.12. The molecular formula is C9H15NO2. The van der Waals surface area contributed by atoms with Gasteiger partial charge in [-0.3, -0.25) is 4.79 Å². The van der Waals surface area contributed by atoms with Crippen LogP contribution in [0, 0.1) is 0 Å². The van der Waals surface area contributed by atoms with Gasteiger partial charge < -0.3 is 10.4 Å². The van der Waals surface area contributed by atoms with Gasteiger partial charge in [0, 0.05) is 6.04 Å². The summed E-state index contributed by atoms with van der Waals surface area (Å²) in [6.07, 6.45) is 4.46. The molecule has 0 spiro atoms. The number of carbonyl (C=O) groups is 1. The molecule has 0 atom stereocenters. The van der Waals surface area contributed by atoms with Gasteiger partial charge in [0.2, 0.25) is 5.91 Å². The molecule has 3 heteroatoms. The number of hydrogen-bond acceptors (Lipinski definition) is 2. The Balaban J connectivity index is 2.26. The van der Waals surface area contributed by atoms with E-state index in [-0.39, 0.29) is 18.1 Å². The van der Waals surface area contributed by atoms with Crippen LogP contribution in [0.15, 0.2) is 12.7 Å². The molecule has 12 heavy (non-hydrogen) atoms. The highest BCUT2D eigenvalue weighted by molar-refractivity contribution is 5.87. The first-order valence-corrected chi connectivity index (χ1v) is 4.33. The van der Waals surface area contributed by atoms with Crippen LogP contribution in [0.3, 0.4) is 0 Å². The van der Waals surface area contributed by atoms with E-state index in [1.165, 1.54) is 6.08 Å². The standard InChI is InChI=1S/C9H15NO2/c1-2-9(12)10-7-3-5-8(11)6-4-7/h2,7-8,11H,1,3-6H2,(H,10,12)/t7-,8-. The van der Waals surface area contributed by atoms with Gasteiger partial charge in [-0.15, -0.1) is 0 Å². The summed E-state index contributed by atoms with van der Waals surface area (Å²) < 4.78 is 0. The molecule has 68 valence electrons. The van der Waals surface area contributed by atoms with Gasteiger partial charge in [0.05, 0.1) is 6.10 Å². The van der Waals surface area contributed by atoms with Crippen LogP contribution in [0.4, 0.5) is 0 Å². The molecule has 1 saturated carbocycles. The molecule has 2 N–H and O–H groups in total. The molecule has 0 aromatic rings. The Labute approximate surface area is 72.5 Å². The lowest BCUT2D eigenvalue weighted by Crippen LogP contribution is -2.37. The van der Waals surface area contributed by atoms with Crippen molar-refractivity contribution in [1.82, 2.24) is 5.32 Å². The summed E-state index contributed by atoms with van der Waals surface area (Å²) in [7, 11) is 0. The number of amides is 1. The van der Waals surface area contributed by atoms with E-state index in [1.54, 1.807) is 0 Å². The Morgan fingerprint density at radius 2 is 2.00 bits per heavy atom. The minimum atomic E-state index is -0.165. The van der Waals surface area contributed by atoms with Crippen molar-refractivity contribution in [3.05, 3.63) is 12.7 Å². The molecule has 0 aromatic carbocycles. The third-order valence-corrected chi connectivity index (χ3v) is 2.23. The number of aliphatic hydroxyl groups excluding tert-OH is 1. The van der Waals surface area contributed by atoms with Crippen molar-refractivity contribution in [2.75, 3.05) is 0 Å². The highest BCUT2D eigenvalue weighted by atomic mass is 16.3. The number of aliphatic hydroxyl groups is 1. The molecule has 1 aliphatic rings. The second kappa shape index (κ2) is 4.26. The summed E-state index contributed by atoms with van der Waals surface area (Å²) in [5.41, 5.74) is 0. The lowest BCUT2D eigenvalue weighted by molar-refractivity contribution is -0.117. The minimum Gasteiger partial charge on any atom is -0.393 e. The first kappa shape index (κ1) is 9.26. The molecule has 0 aliphatic heterocycles. The normalized spacial score (nSPS) is 29.4. The first-order valence-electron chi connectivity index (χ1n) is 4.33. The van der Waals surface area contributed by atoms with Crippen molar-refractivity contribution >= 4 is 5.91 Å². The summed E-state index contributed by atoms with van der Waals surface area (Å²) in [6.45, 7) is 3.38. The maximum atomic E-state index is 10.9. The number of carbonyl (C=O) groups excluding carboxylic acids is 1. The molecule has 0 aromatic heterocycles. The number of nitrogens with one attached hydrogen (secondary N) is 1. The van der Waals surface area contributed by atoms with Gasteiger partial charge in [-0.1, -0.05) is 6.58 Å². The van der Waals surface area contributed by atoms with Crippen molar-refractivity contribution in [1.29, 1.82) is 0 Å². The maximum Gasteiger partial charge on any atom is 0.243 e. The van der Waals surface area contributed by atoms with Crippen LogP contribution >= 0.6 is 0 Å². The zero-order valence-corrected chi connectivity index (χ0v) is 7.12. The SMILES string of the molecule is C=CC(=O)N[C@H]1CC[C@H](O)CC1. The van der Waals surface area contributed by atoms with Crippen LogP contribution in [0.5, 0.6) is 0 Å². The van der Waals surface area contributed by atoms with Crippen LogP contribution in [-0.4, -0.2) is 23.2 Å². The average Bonchev–Trinajstić information content (AvgIpc) is 2.09. The molecule has 1 rings (SSSR count). The molecule has 0 radical (unpaired) electrons. The van der Waals surface area contributed by atoms with Crippen molar-refractivity contribution in [2.45, 2.75) is 37.8 Å². The summed E-state index contributed by atoms with van der Waals surface area (Å²) in [5, 5.41) is 12.0. The third kappa shape index (κ3) is 2.66. The van der Waals surface area contributed by atoms with E-state index in [0.717, 1.165) is 25.7 Å². The second-order valence-electron chi connectivity index (χ2n) is 3.22. The lowest BCUT2D eigenvalue weighted by Gasteiger charge is -2.25. The highest BCUT2D eigenvalue weighted by Crippen LogP contribution is 2.17. The van der Waals surface area contributed by atoms with Gasteiger partial charge in [0.15, 0.2) is 0 Å². The minimum absolute atomic E-state index is 0.114. The van der Waals surface area contributed by atoms with E-state index in [9.17, 15) is 9.90 Å². The Bertz CT molecular complexity index is 171. The summed E-state index contributed by atoms with van der Waals surface area (Å²) in [6, 6.07) is 0.235. The molecule has 3 nitrogen and oxygen atoms in total. The van der Waals surface area contributed by atoms with Crippen molar-refractivity contribution in [2.24, 2.45) is 0 Å². The van der Waals surface area contributed by atoms with Gasteiger partial charge in [0.1, 0.15) is 0 Å². The highest BCUT2D eigenvalue weighted by Gasteiger charge is 2.19. The van der Waals surface area contributed by atoms with Crippen molar-refractivity contribution in [3.63, 3.8) is 0 Å². The van der Waals surface area contributed by atoms with E-state index < -0.39 is 0 Å². The van der Waals surface area contributed by atoms with Crippen LogP contribution in [0.1, 0.15) is 25.7 Å². The molecular weight excluding hydrogens is 154 g/mol. The van der Waals surface area contributed by atoms with Gasteiger partial charge in [-0.25, -0.2) is 0 Å². The van der Waals surface area contributed by atoms with Crippen molar-refractivity contribution < 1.29 is 9.90 Å². The average molecular weight is 169 g/mol. The first-order chi connectivity index (χ1) is 5.72. The smallest absolute Gasteiger partial charge is 0.243 e. The van der Waals surface area contributed by atoms with Crippen LogP contribution in [0.25, 0.3) is 0 Å². The molecule has 1 aliphatic carbocycles. The Morgan fingerprint density at radius 3 is 2.50 bits per heavy atom. The topological polar surface area (TPSA) is 49.3 Å². The fraction of sp³-hybridized carbons (Fsp3) is 0.667. The van der Waals surface area contributed by atoms with E-state index in [1.807, 2.05) is 0 Å². The quantitative estimate of drug-likeness (QED) is 0.594. The number of hydrogen-bond donors (Lipinski definition) is 2. The summed E-state index contributed by atoms with van der Waals surface area (Å²) in [4.78, 5) is 10.9. The largest absolute Gasteiger partial charge is 0.393 e. The van der Waals surface area contributed by atoms with E-state index >= 15 is 0 Å². The maximum absolute atomic E-state index is 10.9. The van der Waals surface area contributed by atoms with E-state index in [4.69, 9.17) is 0 Å². The molecule has 0 heterocycles. The van der Waals surface area contributed by atoms with E-state index in [0.29, 0.717) is 0 Å². The Kier molecular flexibility index (Phi) is 3.29. The molecule has 1 fully saturated rings. The van der Waals surface area contributed by atoms with Crippen molar-refractivity contribution in [3.8, 4) is 0 Å². The lowest BCUT2D eigenvalue weighted by atomic mass is 9.93. The zero-order chi connectivity index (χ0) is 8.97. The summed E-state index contributed by atoms with van der Waals surface area (Å²) in [5.74, 6) is -0.114. The molecule has 1 amide bonds. The van der Waals surface area contributed by atoms with E-state index in [2.05, 4.69) is 11.9 Å². The molecule has 0 bridgehead atoms. The predicted octanol–water partition coefficient (Wildman–Crippen LogP) is 0.592. The summed E-state index contributed by atoms with van der Waals surface area (Å²) >= 11 is 0. The van der Waals surface area contributed by atoms with Gasteiger partial charge in [0.25, 0.3) is 0 Å². The third-order valence-electron chi connectivity index (χ3n) is 2.23. The Morgan fingerprint density at radius 1 is 1.42 bits per heavy atom. The van der Waals surface area contributed by atoms with Gasteiger partial charge in [-0.2, -0.15) is 0 Å². The van der Waals surface area contributed by atoms with Crippen LogP contribution < -0.4 is 5.32 Å².